The Morgan fingerprint density at radius 1 is 1.11 bits per heavy atom. The molecule has 10 nitrogen and oxygen atoms in total. The summed E-state index contributed by atoms with van der Waals surface area (Å²) in [5, 5.41) is 1.00. The summed E-state index contributed by atoms with van der Waals surface area (Å²) in [4.78, 5) is 31.9. The first kappa shape index (κ1) is 26.1. The number of morpholine rings is 1. The molecule has 200 valence electrons. The molecule has 2 aliphatic rings. The van der Waals surface area contributed by atoms with Crippen molar-refractivity contribution in [2.24, 2.45) is 0 Å². The topological polar surface area (TPSA) is 118 Å². The van der Waals surface area contributed by atoms with Crippen molar-refractivity contribution in [1.82, 2.24) is 19.5 Å². The lowest BCUT2D eigenvalue weighted by atomic mass is 9.88. The molecule has 2 fully saturated rings. The molecule has 2 aliphatic heterocycles. The van der Waals surface area contributed by atoms with E-state index in [0.29, 0.717) is 44.9 Å². The molecule has 11 heteroatoms. The number of amides is 2. The fraction of sp³-hybridized carbons (Fsp3) is 0.370. The average Bonchev–Trinajstić information content (AvgIpc) is 2.90. The van der Waals surface area contributed by atoms with E-state index >= 15 is 0 Å². The molecule has 0 bridgehead atoms. The molecular formula is C27H30N4O6S. The molecule has 0 radical (unpaired) electrons. The second kappa shape index (κ2) is 10.7. The van der Waals surface area contributed by atoms with Gasteiger partial charge in [0, 0.05) is 49.2 Å². The van der Waals surface area contributed by atoms with Gasteiger partial charge in [-0.25, -0.2) is 17.9 Å². The highest BCUT2D eigenvalue weighted by atomic mass is 32.2. The Morgan fingerprint density at radius 2 is 1.82 bits per heavy atom. The molecule has 0 atom stereocenters. The van der Waals surface area contributed by atoms with E-state index in [1.54, 1.807) is 21.9 Å². The van der Waals surface area contributed by atoms with Gasteiger partial charge in [0.1, 0.15) is 18.6 Å². The first-order valence-electron chi connectivity index (χ1n) is 12.5. The lowest BCUT2D eigenvalue weighted by Crippen LogP contribution is -2.72. The maximum absolute atomic E-state index is 13.2. The third kappa shape index (κ3) is 5.50. The zero-order chi connectivity index (χ0) is 26.8. The van der Waals surface area contributed by atoms with E-state index in [4.69, 9.17) is 9.47 Å². The maximum atomic E-state index is 13.2. The number of para-hydroxylation sites is 1. The molecule has 1 aromatic heterocycles. The van der Waals surface area contributed by atoms with Crippen molar-refractivity contribution < 1.29 is 27.5 Å². The van der Waals surface area contributed by atoms with Gasteiger partial charge < -0.3 is 24.1 Å². The molecule has 5 rings (SSSR count). The number of benzene rings is 2. The molecule has 2 saturated heterocycles. The molecule has 2 aromatic carbocycles. The predicted octanol–water partition coefficient (Wildman–Crippen LogP) is 2.50. The lowest BCUT2D eigenvalue weighted by molar-refractivity contribution is -0.110. The number of carbonyl (C=O) groups is 2. The minimum atomic E-state index is -3.94. The van der Waals surface area contributed by atoms with Crippen LogP contribution >= 0.6 is 0 Å². The smallest absolute Gasteiger partial charge is 0.320 e. The van der Waals surface area contributed by atoms with Gasteiger partial charge in [0.2, 0.25) is 10.0 Å². The normalized spacial score (nSPS) is 17.2. The van der Waals surface area contributed by atoms with Crippen molar-refractivity contribution in [1.29, 1.82) is 0 Å². The molecule has 1 N–H and O–H groups in total. The standard InChI is InChI=1S/C27H30N4O6S/c1-20-16-21(24-4-2-3-5-25(24)28-20)17-37-22-6-8-23(9-7-22)38(34,35)29-27(10-13-32)18-31(19-27)26(33)30-11-14-36-15-12-30/h2-9,13,16,29H,10-12,14-15,17-19H2,1H3. The molecule has 2 amide bonds. The molecule has 0 aliphatic carbocycles. The number of carbonyl (C=O) groups excluding carboxylic acids is 2. The van der Waals surface area contributed by atoms with Crippen LogP contribution in [0.5, 0.6) is 5.75 Å². The summed E-state index contributed by atoms with van der Waals surface area (Å²) in [6, 6.07) is 15.8. The number of ether oxygens (including phenoxy) is 2. The number of likely N-dealkylation sites (tertiary alicyclic amines) is 1. The number of hydrogen-bond acceptors (Lipinski definition) is 7. The number of aromatic nitrogens is 1. The number of urea groups is 1. The zero-order valence-corrected chi connectivity index (χ0v) is 21.9. The van der Waals surface area contributed by atoms with Crippen molar-refractivity contribution in [3.63, 3.8) is 0 Å². The maximum Gasteiger partial charge on any atom is 0.320 e. The van der Waals surface area contributed by atoms with E-state index in [9.17, 15) is 18.0 Å². The Bertz CT molecular complexity index is 1430. The Kier molecular flexibility index (Phi) is 7.33. The van der Waals surface area contributed by atoms with Crippen LogP contribution in [0.1, 0.15) is 17.7 Å². The van der Waals surface area contributed by atoms with Crippen molar-refractivity contribution in [3.8, 4) is 5.75 Å². The van der Waals surface area contributed by atoms with Gasteiger partial charge in [-0.15, -0.1) is 0 Å². The summed E-state index contributed by atoms with van der Waals surface area (Å²) in [7, 11) is -3.94. The van der Waals surface area contributed by atoms with Crippen LogP contribution in [0.25, 0.3) is 10.9 Å². The molecule has 0 saturated carbocycles. The quantitative estimate of drug-likeness (QED) is 0.438. The Hall–Kier alpha value is -3.54. The number of fused-ring (bicyclic) bond motifs is 1. The van der Waals surface area contributed by atoms with Crippen LogP contribution in [0.3, 0.4) is 0 Å². The largest absolute Gasteiger partial charge is 0.489 e. The van der Waals surface area contributed by atoms with E-state index in [2.05, 4.69) is 9.71 Å². The van der Waals surface area contributed by atoms with Gasteiger partial charge in [-0.05, 0) is 43.3 Å². The van der Waals surface area contributed by atoms with E-state index in [1.165, 1.54) is 12.1 Å². The predicted molar refractivity (Wildman–Crippen MR) is 140 cm³/mol. The van der Waals surface area contributed by atoms with Crippen molar-refractivity contribution in [3.05, 3.63) is 65.9 Å². The monoisotopic (exact) mass is 538 g/mol. The Labute approximate surface area is 221 Å². The highest BCUT2D eigenvalue weighted by molar-refractivity contribution is 7.89. The number of nitrogens with one attached hydrogen (secondary N) is 1. The van der Waals surface area contributed by atoms with Gasteiger partial charge in [0.25, 0.3) is 0 Å². The second-order valence-electron chi connectivity index (χ2n) is 9.69. The van der Waals surface area contributed by atoms with Gasteiger partial charge in [-0.3, -0.25) is 4.98 Å². The van der Waals surface area contributed by atoms with Gasteiger partial charge >= 0.3 is 6.03 Å². The van der Waals surface area contributed by atoms with Crippen LogP contribution in [0.4, 0.5) is 4.79 Å². The first-order chi connectivity index (χ1) is 18.3. The van der Waals surface area contributed by atoms with Crippen molar-refractivity contribution in [2.75, 3.05) is 39.4 Å². The van der Waals surface area contributed by atoms with E-state index in [-0.39, 0.29) is 30.4 Å². The molecule has 0 unspecified atom stereocenters. The number of aryl methyl sites for hydroxylation is 1. The summed E-state index contributed by atoms with van der Waals surface area (Å²) in [5.74, 6) is 0.524. The number of aldehydes is 1. The average molecular weight is 539 g/mol. The summed E-state index contributed by atoms with van der Waals surface area (Å²) < 4.78 is 40.2. The molecule has 0 spiro atoms. The zero-order valence-electron chi connectivity index (χ0n) is 21.1. The number of hydrogen-bond donors (Lipinski definition) is 1. The highest BCUT2D eigenvalue weighted by Gasteiger charge is 2.48. The fourth-order valence-electron chi connectivity index (χ4n) is 4.90. The Balaban J connectivity index is 1.23. The van der Waals surface area contributed by atoms with Gasteiger partial charge in [0.05, 0.1) is 29.2 Å². The van der Waals surface area contributed by atoms with Gasteiger partial charge in [-0.2, -0.15) is 0 Å². The highest BCUT2D eigenvalue weighted by Crippen LogP contribution is 2.29. The number of sulfonamides is 1. The van der Waals surface area contributed by atoms with Gasteiger partial charge in [-0.1, -0.05) is 18.2 Å². The summed E-state index contributed by atoms with van der Waals surface area (Å²) in [6.07, 6.45) is 0.653. The first-order valence-corrected chi connectivity index (χ1v) is 13.9. The minimum Gasteiger partial charge on any atom is -0.489 e. The molecular weight excluding hydrogens is 508 g/mol. The summed E-state index contributed by atoms with van der Waals surface area (Å²) >= 11 is 0. The van der Waals surface area contributed by atoms with Crippen LogP contribution in [-0.2, 0) is 26.2 Å². The summed E-state index contributed by atoms with van der Waals surface area (Å²) in [6.45, 7) is 4.43. The third-order valence-corrected chi connectivity index (χ3v) is 8.42. The third-order valence-electron chi connectivity index (χ3n) is 6.82. The fourth-order valence-corrected chi connectivity index (χ4v) is 6.30. The lowest BCUT2D eigenvalue weighted by Gasteiger charge is -2.50. The van der Waals surface area contributed by atoms with Crippen LogP contribution in [0.15, 0.2) is 59.5 Å². The number of nitrogens with zero attached hydrogens (tertiary/aromatic N) is 3. The second-order valence-corrected chi connectivity index (χ2v) is 11.4. The SMILES string of the molecule is Cc1cc(COc2ccc(S(=O)(=O)NC3(CC=O)CN(C(=O)N4CCOCC4)C3)cc2)c2ccccc2n1. The van der Waals surface area contributed by atoms with Crippen LogP contribution in [-0.4, -0.2) is 80.5 Å². The van der Waals surface area contributed by atoms with Crippen LogP contribution in [0.2, 0.25) is 0 Å². The van der Waals surface area contributed by atoms with Gasteiger partial charge in [0.15, 0.2) is 0 Å². The minimum absolute atomic E-state index is 0.0282. The van der Waals surface area contributed by atoms with E-state index in [0.717, 1.165) is 22.2 Å². The molecule has 38 heavy (non-hydrogen) atoms. The van der Waals surface area contributed by atoms with E-state index in [1.807, 2.05) is 37.3 Å². The molecule has 3 heterocycles. The molecule has 3 aromatic rings. The number of rotatable bonds is 8. The summed E-state index contributed by atoms with van der Waals surface area (Å²) in [5.41, 5.74) is 1.74. The van der Waals surface area contributed by atoms with Crippen LogP contribution < -0.4 is 9.46 Å². The Morgan fingerprint density at radius 3 is 2.53 bits per heavy atom. The van der Waals surface area contributed by atoms with Crippen molar-refractivity contribution in [2.45, 2.75) is 30.4 Å². The van der Waals surface area contributed by atoms with Crippen molar-refractivity contribution >= 4 is 33.2 Å². The van der Waals surface area contributed by atoms with E-state index < -0.39 is 15.6 Å². The van der Waals surface area contributed by atoms with Crippen LogP contribution in [0, 0.1) is 6.92 Å². The number of pyridine rings is 1.